The van der Waals surface area contributed by atoms with E-state index in [2.05, 4.69) is 20.7 Å². The summed E-state index contributed by atoms with van der Waals surface area (Å²) in [6.07, 6.45) is 3.66. The summed E-state index contributed by atoms with van der Waals surface area (Å²) in [7, 11) is -3.73. The quantitative estimate of drug-likeness (QED) is 0.810. The molecule has 0 fully saturated rings. The highest BCUT2D eigenvalue weighted by Gasteiger charge is 2.17. The average molecular weight is 373 g/mol. The number of carboxylic acid groups (broad SMARTS) is 1. The van der Waals surface area contributed by atoms with E-state index in [-0.39, 0.29) is 17.0 Å². The molecule has 0 aliphatic carbocycles. The minimum Gasteiger partial charge on any atom is -0.478 e. The second kappa shape index (κ2) is 6.42. The van der Waals surface area contributed by atoms with Gasteiger partial charge in [0.1, 0.15) is 0 Å². The third-order valence-corrected chi connectivity index (χ3v) is 4.96. The molecule has 8 heteroatoms. The molecule has 2 rings (SSSR count). The zero-order chi connectivity index (χ0) is 15.5. The van der Waals surface area contributed by atoms with Crippen molar-refractivity contribution in [3.05, 3.63) is 52.8 Å². The second-order valence-electron chi connectivity index (χ2n) is 4.27. The molecular formula is C13H13BrN2O4S. The molecule has 0 saturated heterocycles. The van der Waals surface area contributed by atoms with Crippen LogP contribution >= 0.6 is 15.9 Å². The third-order valence-electron chi connectivity index (χ3n) is 2.81. The molecule has 0 radical (unpaired) electrons. The third kappa shape index (κ3) is 3.93. The molecule has 6 nitrogen and oxygen atoms in total. The van der Waals surface area contributed by atoms with Crippen molar-refractivity contribution < 1.29 is 18.3 Å². The van der Waals surface area contributed by atoms with E-state index in [1.54, 1.807) is 0 Å². The van der Waals surface area contributed by atoms with Crippen LogP contribution in [0, 0.1) is 0 Å². The molecule has 0 atom stereocenters. The number of nitrogens with zero attached hydrogens (tertiary/aromatic N) is 1. The van der Waals surface area contributed by atoms with Gasteiger partial charge in [-0.3, -0.25) is 0 Å². The predicted molar refractivity (Wildman–Crippen MR) is 80.7 cm³/mol. The molecule has 1 aromatic heterocycles. The Labute approximate surface area is 130 Å². The zero-order valence-electron chi connectivity index (χ0n) is 10.9. The van der Waals surface area contributed by atoms with Crippen molar-refractivity contribution in [1.29, 1.82) is 0 Å². The predicted octanol–water partition coefficient (Wildman–Crippen LogP) is 1.93. The van der Waals surface area contributed by atoms with Crippen LogP contribution < -0.4 is 4.72 Å². The summed E-state index contributed by atoms with van der Waals surface area (Å²) in [5.74, 6) is -1.19. The van der Waals surface area contributed by atoms with Crippen LogP contribution in [-0.2, 0) is 16.6 Å². The number of halogens is 1. The Morgan fingerprint density at radius 3 is 2.57 bits per heavy atom. The van der Waals surface area contributed by atoms with Crippen molar-refractivity contribution in [3.63, 3.8) is 0 Å². The number of carboxylic acids is 1. The summed E-state index contributed by atoms with van der Waals surface area (Å²) >= 11 is 3.08. The van der Waals surface area contributed by atoms with Crippen LogP contribution in [-0.4, -0.2) is 30.6 Å². The summed E-state index contributed by atoms with van der Waals surface area (Å²) in [5, 5.41) is 9.01. The lowest BCUT2D eigenvalue weighted by molar-refractivity contribution is 0.0695. The Hall–Kier alpha value is -1.64. The lowest BCUT2D eigenvalue weighted by atomic mass is 10.2. The van der Waals surface area contributed by atoms with Gasteiger partial charge in [0.25, 0.3) is 0 Å². The van der Waals surface area contributed by atoms with Gasteiger partial charge >= 0.3 is 5.97 Å². The van der Waals surface area contributed by atoms with Gasteiger partial charge in [-0.05, 0) is 46.3 Å². The van der Waals surface area contributed by atoms with Crippen LogP contribution in [0.2, 0.25) is 0 Å². The monoisotopic (exact) mass is 372 g/mol. The maximum Gasteiger partial charge on any atom is 0.336 e. The van der Waals surface area contributed by atoms with E-state index in [9.17, 15) is 13.2 Å². The molecule has 2 aromatic rings. The zero-order valence-corrected chi connectivity index (χ0v) is 13.3. The van der Waals surface area contributed by atoms with E-state index >= 15 is 0 Å². The molecular weight excluding hydrogens is 360 g/mol. The second-order valence-corrected chi connectivity index (χ2v) is 6.89. The standard InChI is InChI=1S/C13H13BrN2O4S/c14-12-4-3-10(9-11(12)13(17)18)21(19,20)15-5-8-16-6-1-2-7-16/h1-4,6-7,9,15H,5,8H2,(H,17,18). The highest BCUT2D eigenvalue weighted by Crippen LogP contribution is 2.21. The largest absolute Gasteiger partial charge is 0.478 e. The maximum absolute atomic E-state index is 12.1. The van der Waals surface area contributed by atoms with Crippen LogP contribution in [0.15, 0.2) is 52.1 Å². The summed E-state index contributed by atoms with van der Waals surface area (Å²) in [6, 6.07) is 7.59. The van der Waals surface area contributed by atoms with E-state index in [0.29, 0.717) is 11.0 Å². The molecule has 1 heterocycles. The molecule has 0 bridgehead atoms. The van der Waals surface area contributed by atoms with Crippen LogP contribution in [0.1, 0.15) is 10.4 Å². The molecule has 0 amide bonds. The highest BCUT2D eigenvalue weighted by molar-refractivity contribution is 9.10. The van der Waals surface area contributed by atoms with E-state index in [0.717, 1.165) is 6.07 Å². The van der Waals surface area contributed by atoms with E-state index in [1.165, 1.54) is 12.1 Å². The number of hydrogen-bond acceptors (Lipinski definition) is 3. The fraction of sp³-hybridized carbons (Fsp3) is 0.154. The lowest BCUT2D eigenvalue weighted by Gasteiger charge is -2.09. The topological polar surface area (TPSA) is 88.4 Å². The summed E-state index contributed by atoms with van der Waals surface area (Å²) in [6.45, 7) is 0.712. The average Bonchev–Trinajstić information content (AvgIpc) is 2.91. The number of nitrogens with one attached hydrogen (secondary N) is 1. The first-order chi connectivity index (χ1) is 9.90. The highest BCUT2D eigenvalue weighted by atomic mass is 79.9. The van der Waals surface area contributed by atoms with Crippen molar-refractivity contribution in [1.82, 2.24) is 9.29 Å². The maximum atomic E-state index is 12.1. The molecule has 0 aliphatic heterocycles. The van der Waals surface area contributed by atoms with Gasteiger partial charge in [-0.1, -0.05) is 0 Å². The Bertz CT molecular complexity index is 742. The first-order valence-corrected chi connectivity index (χ1v) is 8.31. The lowest BCUT2D eigenvalue weighted by Crippen LogP contribution is -2.27. The Balaban J connectivity index is 2.12. The van der Waals surface area contributed by atoms with E-state index < -0.39 is 16.0 Å². The Kier molecular flexibility index (Phi) is 4.81. The van der Waals surface area contributed by atoms with Gasteiger partial charge in [0, 0.05) is 30.0 Å². The van der Waals surface area contributed by atoms with Gasteiger partial charge in [0.2, 0.25) is 10.0 Å². The van der Waals surface area contributed by atoms with Gasteiger partial charge in [0.15, 0.2) is 0 Å². The normalized spacial score (nSPS) is 11.5. The van der Waals surface area contributed by atoms with Crippen LogP contribution in [0.5, 0.6) is 0 Å². The molecule has 0 unspecified atom stereocenters. The van der Waals surface area contributed by atoms with Crippen molar-refractivity contribution in [2.45, 2.75) is 11.4 Å². The van der Waals surface area contributed by atoms with E-state index in [4.69, 9.17) is 5.11 Å². The number of carbonyl (C=O) groups is 1. The minimum atomic E-state index is -3.73. The van der Waals surface area contributed by atoms with E-state index in [1.807, 2.05) is 29.1 Å². The molecule has 1 aromatic carbocycles. The Morgan fingerprint density at radius 1 is 1.29 bits per heavy atom. The number of hydrogen-bond donors (Lipinski definition) is 2. The number of sulfonamides is 1. The van der Waals surface area contributed by atoms with Gasteiger partial charge in [-0.2, -0.15) is 0 Å². The fourth-order valence-corrected chi connectivity index (χ4v) is 3.21. The molecule has 0 aliphatic rings. The first-order valence-electron chi connectivity index (χ1n) is 6.03. The van der Waals surface area contributed by atoms with Gasteiger partial charge in [-0.15, -0.1) is 0 Å². The molecule has 2 N–H and O–H groups in total. The van der Waals surface area contributed by atoms with Crippen molar-refractivity contribution in [2.75, 3.05) is 6.54 Å². The van der Waals surface area contributed by atoms with Gasteiger partial charge < -0.3 is 9.67 Å². The molecule has 0 saturated carbocycles. The number of aromatic carboxylic acids is 1. The van der Waals surface area contributed by atoms with Crippen LogP contribution in [0.3, 0.4) is 0 Å². The Morgan fingerprint density at radius 2 is 1.95 bits per heavy atom. The molecule has 112 valence electrons. The first kappa shape index (κ1) is 15.7. The van der Waals surface area contributed by atoms with Crippen molar-refractivity contribution in [2.24, 2.45) is 0 Å². The number of benzene rings is 1. The smallest absolute Gasteiger partial charge is 0.336 e. The molecule has 21 heavy (non-hydrogen) atoms. The minimum absolute atomic E-state index is 0.0735. The van der Waals surface area contributed by atoms with Crippen molar-refractivity contribution >= 4 is 31.9 Å². The number of aromatic nitrogens is 1. The summed E-state index contributed by atoms with van der Waals surface area (Å²) in [4.78, 5) is 10.9. The van der Waals surface area contributed by atoms with Gasteiger partial charge in [0.05, 0.1) is 10.5 Å². The fourth-order valence-electron chi connectivity index (χ4n) is 1.75. The van der Waals surface area contributed by atoms with Crippen LogP contribution in [0.25, 0.3) is 0 Å². The van der Waals surface area contributed by atoms with Gasteiger partial charge in [-0.25, -0.2) is 17.9 Å². The van der Waals surface area contributed by atoms with Crippen molar-refractivity contribution in [3.8, 4) is 0 Å². The summed E-state index contributed by atoms with van der Waals surface area (Å²) in [5.41, 5.74) is -0.0942. The SMILES string of the molecule is O=C(O)c1cc(S(=O)(=O)NCCn2cccc2)ccc1Br. The van der Waals surface area contributed by atoms with Crippen LogP contribution in [0.4, 0.5) is 0 Å². The summed E-state index contributed by atoms with van der Waals surface area (Å²) < 4.78 is 28.9. The number of rotatable bonds is 6. The molecule has 0 spiro atoms.